The average molecular weight is 423 g/mol. The third-order valence-corrected chi connectivity index (χ3v) is 4.35. The zero-order valence-corrected chi connectivity index (χ0v) is 17.7. The van der Waals surface area contributed by atoms with Crippen molar-refractivity contribution in [3.63, 3.8) is 0 Å². The van der Waals surface area contributed by atoms with Crippen molar-refractivity contribution >= 4 is 30.0 Å². The van der Waals surface area contributed by atoms with Crippen molar-refractivity contribution < 1.29 is 23.9 Å². The minimum absolute atomic E-state index is 0.167. The van der Waals surface area contributed by atoms with Gasteiger partial charge in [-0.1, -0.05) is 30.3 Å². The summed E-state index contributed by atoms with van der Waals surface area (Å²) >= 11 is 0. The quantitative estimate of drug-likeness (QED) is 0.729. The molecule has 2 heterocycles. The molecule has 1 atom stereocenters. The van der Waals surface area contributed by atoms with Gasteiger partial charge in [-0.2, -0.15) is 0 Å². The minimum Gasteiger partial charge on any atom is -0.447 e. The molecular weight excluding hydrogens is 398 g/mol. The number of rotatable bonds is 5. The lowest BCUT2D eigenvalue weighted by Gasteiger charge is -2.19. The number of hydrogen-bond donors (Lipinski definition) is 1. The molecule has 0 radical (unpaired) electrons. The minimum atomic E-state index is -0.648. The summed E-state index contributed by atoms with van der Waals surface area (Å²) in [6.07, 6.45) is 3.64. The van der Waals surface area contributed by atoms with E-state index >= 15 is 0 Å². The lowest BCUT2D eigenvalue weighted by molar-refractivity contribution is -0.124. The number of carbonyl (C=O) groups is 3. The Kier molecular flexibility index (Phi) is 6.69. The van der Waals surface area contributed by atoms with Crippen LogP contribution in [0.2, 0.25) is 0 Å². The van der Waals surface area contributed by atoms with E-state index in [1.165, 1.54) is 12.3 Å². The number of amides is 3. The number of anilines is 1. The van der Waals surface area contributed by atoms with Crippen LogP contribution in [0.25, 0.3) is 6.08 Å². The Morgan fingerprint density at radius 3 is 2.61 bits per heavy atom. The SMILES string of the molecule is CC(C)(C)OC(=O)Nc1ccc(/C=C/C(=O)N2C(=O)OC[C@H]2Cc2ccccc2)cn1. The standard InChI is InChI=1S/C23H25N3O5/c1-23(2,3)31-21(28)25-19-11-9-17(14-24-19)10-12-20(27)26-18(15-30-22(26)29)13-16-7-5-4-6-8-16/h4-12,14,18H,13,15H2,1-3H3,(H,24,25,28)/b12-10+/t18-/m1/s1. The molecule has 1 saturated heterocycles. The third kappa shape index (κ3) is 6.40. The molecule has 1 aliphatic rings. The van der Waals surface area contributed by atoms with E-state index < -0.39 is 23.7 Å². The first-order valence-corrected chi connectivity index (χ1v) is 9.89. The Bertz CT molecular complexity index is 965. The Morgan fingerprint density at radius 1 is 1.23 bits per heavy atom. The highest BCUT2D eigenvalue weighted by Gasteiger charge is 2.36. The summed E-state index contributed by atoms with van der Waals surface area (Å²) in [6.45, 7) is 5.47. The lowest BCUT2D eigenvalue weighted by atomic mass is 10.1. The zero-order valence-electron chi connectivity index (χ0n) is 17.7. The number of imide groups is 1. The summed E-state index contributed by atoms with van der Waals surface area (Å²) in [6, 6.07) is 12.5. The van der Waals surface area contributed by atoms with E-state index in [2.05, 4.69) is 10.3 Å². The van der Waals surface area contributed by atoms with Gasteiger partial charge >= 0.3 is 12.2 Å². The van der Waals surface area contributed by atoms with Crippen LogP contribution < -0.4 is 5.32 Å². The Morgan fingerprint density at radius 2 is 1.97 bits per heavy atom. The van der Waals surface area contributed by atoms with E-state index in [-0.39, 0.29) is 12.6 Å². The first-order chi connectivity index (χ1) is 14.7. The molecule has 3 rings (SSSR count). The number of aromatic nitrogens is 1. The van der Waals surface area contributed by atoms with E-state index in [1.807, 2.05) is 30.3 Å². The average Bonchev–Trinajstić information content (AvgIpc) is 3.06. The van der Waals surface area contributed by atoms with E-state index in [1.54, 1.807) is 39.0 Å². The second kappa shape index (κ2) is 9.42. The summed E-state index contributed by atoms with van der Waals surface area (Å²) in [5.74, 6) is -0.136. The molecule has 1 fully saturated rings. The van der Waals surface area contributed by atoms with Gasteiger partial charge in [0, 0.05) is 12.3 Å². The van der Waals surface area contributed by atoms with E-state index in [9.17, 15) is 14.4 Å². The van der Waals surface area contributed by atoms with Crippen LogP contribution in [0.15, 0.2) is 54.7 Å². The van der Waals surface area contributed by atoms with Gasteiger partial charge in [-0.05, 0) is 56.5 Å². The van der Waals surface area contributed by atoms with Crippen LogP contribution >= 0.6 is 0 Å². The molecule has 0 aliphatic carbocycles. The van der Waals surface area contributed by atoms with Crippen molar-refractivity contribution in [1.29, 1.82) is 0 Å². The molecule has 162 valence electrons. The van der Waals surface area contributed by atoms with Gasteiger partial charge in [0.2, 0.25) is 0 Å². The predicted octanol–water partition coefficient (Wildman–Crippen LogP) is 4.03. The van der Waals surface area contributed by atoms with Crippen LogP contribution in [-0.2, 0) is 20.7 Å². The molecule has 1 aliphatic heterocycles. The largest absolute Gasteiger partial charge is 0.447 e. The van der Waals surface area contributed by atoms with Crippen molar-refractivity contribution in [2.24, 2.45) is 0 Å². The maximum Gasteiger partial charge on any atom is 0.417 e. The summed E-state index contributed by atoms with van der Waals surface area (Å²) in [7, 11) is 0. The van der Waals surface area contributed by atoms with Gasteiger partial charge in [-0.15, -0.1) is 0 Å². The van der Waals surface area contributed by atoms with Gasteiger partial charge < -0.3 is 9.47 Å². The first kappa shape index (κ1) is 22.0. The molecule has 31 heavy (non-hydrogen) atoms. The highest BCUT2D eigenvalue weighted by molar-refractivity contribution is 6.02. The molecule has 8 nitrogen and oxygen atoms in total. The maximum absolute atomic E-state index is 12.6. The van der Waals surface area contributed by atoms with Gasteiger partial charge in [-0.3, -0.25) is 10.1 Å². The fourth-order valence-electron chi connectivity index (χ4n) is 3.00. The number of pyridine rings is 1. The van der Waals surface area contributed by atoms with Crippen molar-refractivity contribution in [3.05, 3.63) is 65.9 Å². The van der Waals surface area contributed by atoms with Crippen molar-refractivity contribution in [2.45, 2.75) is 38.8 Å². The normalized spacial score (nSPS) is 16.3. The van der Waals surface area contributed by atoms with E-state index in [0.717, 1.165) is 10.5 Å². The fourth-order valence-corrected chi connectivity index (χ4v) is 3.00. The Hall–Kier alpha value is -3.68. The number of benzene rings is 1. The Balaban J connectivity index is 1.60. The molecule has 1 aromatic carbocycles. The number of nitrogens with zero attached hydrogens (tertiary/aromatic N) is 2. The number of ether oxygens (including phenoxy) is 2. The van der Waals surface area contributed by atoms with Gasteiger partial charge in [0.15, 0.2) is 0 Å². The fraction of sp³-hybridized carbons (Fsp3) is 0.304. The Labute approximate surface area is 180 Å². The topological polar surface area (TPSA) is 97.8 Å². The van der Waals surface area contributed by atoms with Gasteiger partial charge in [0.25, 0.3) is 5.91 Å². The summed E-state index contributed by atoms with van der Waals surface area (Å²) in [5, 5.41) is 2.54. The van der Waals surface area contributed by atoms with Crippen molar-refractivity contribution in [2.75, 3.05) is 11.9 Å². The summed E-state index contributed by atoms with van der Waals surface area (Å²) in [5.41, 5.74) is 1.04. The van der Waals surface area contributed by atoms with Crippen LogP contribution in [0.5, 0.6) is 0 Å². The maximum atomic E-state index is 12.6. The molecule has 0 bridgehead atoms. The third-order valence-electron chi connectivity index (χ3n) is 4.35. The van der Waals surface area contributed by atoms with Crippen LogP contribution in [0.4, 0.5) is 15.4 Å². The van der Waals surface area contributed by atoms with E-state index in [0.29, 0.717) is 17.8 Å². The van der Waals surface area contributed by atoms with Crippen LogP contribution in [0.1, 0.15) is 31.9 Å². The number of cyclic esters (lactones) is 1. The van der Waals surface area contributed by atoms with Crippen LogP contribution in [0, 0.1) is 0 Å². The van der Waals surface area contributed by atoms with Gasteiger partial charge in [-0.25, -0.2) is 19.5 Å². The molecule has 3 amide bonds. The highest BCUT2D eigenvalue weighted by Crippen LogP contribution is 2.18. The second-order valence-electron chi connectivity index (χ2n) is 8.07. The molecule has 1 aromatic heterocycles. The first-order valence-electron chi connectivity index (χ1n) is 9.89. The van der Waals surface area contributed by atoms with Crippen molar-refractivity contribution in [3.8, 4) is 0 Å². The van der Waals surface area contributed by atoms with Gasteiger partial charge in [0.1, 0.15) is 18.0 Å². The summed E-state index contributed by atoms with van der Waals surface area (Å²) in [4.78, 5) is 41.7. The monoisotopic (exact) mass is 423 g/mol. The number of nitrogens with one attached hydrogen (secondary N) is 1. The molecule has 1 N–H and O–H groups in total. The molecule has 8 heteroatoms. The highest BCUT2D eigenvalue weighted by atomic mass is 16.6. The van der Waals surface area contributed by atoms with Crippen molar-refractivity contribution in [1.82, 2.24) is 9.88 Å². The van der Waals surface area contributed by atoms with Crippen LogP contribution in [-0.4, -0.2) is 46.2 Å². The number of carbonyl (C=O) groups excluding carboxylic acids is 3. The second-order valence-corrected chi connectivity index (χ2v) is 8.07. The summed E-state index contributed by atoms with van der Waals surface area (Å²) < 4.78 is 10.3. The smallest absolute Gasteiger partial charge is 0.417 e. The van der Waals surface area contributed by atoms with Crippen LogP contribution in [0.3, 0.4) is 0 Å². The molecule has 0 spiro atoms. The molecule has 0 unspecified atom stereocenters. The predicted molar refractivity (Wildman–Crippen MR) is 115 cm³/mol. The zero-order chi connectivity index (χ0) is 22.4. The van der Waals surface area contributed by atoms with Gasteiger partial charge in [0.05, 0.1) is 6.04 Å². The molecule has 0 saturated carbocycles. The lowest BCUT2D eigenvalue weighted by Crippen LogP contribution is -2.39. The number of hydrogen-bond acceptors (Lipinski definition) is 6. The molecular formula is C23H25N3O5. The van der Waals surface area contributed by atoms with E-state index in [4.69, 9.17) is 9.47 Å². The molecule has 2 aromatic rings.